The molecular formula is C17H13N5. The van der Waals surface area contributed by atoms with Gasteiger partial charge in [-0.2, -0.15) is 0 Å². The number of hydrogen-bond acceptors (Lipinski definition) is 4. The van der Waals surface area contributed by atoms with Crippen LogP contribution in [0.1, 0.15) is 0 Å². The molecule has 22 heavy (non-hydrogen) atoms. The average Bonchev–Trinajstić information content (AvgIpc) is 2.99. The first-order valence-corrected chi connectivity index (χ1v) is 6.92. The maximum Gasteiger partial charge on any atom is 0.159 e. The number of pyridine rings is 1. The number of nitrogen functional groups attached to an aromatic ring is 1. The number of nitrogens with zero attached hydrogens (tertiary/aromatic N) is 4. The van der Waals surface area contributed by atoms with Crippen LogP contribution in [-0.4, -0.2) is 19.4 Å². The largest absolute Gasteiger partial charge is 0.399 e. The third-order valence-electron chi connectivity index (χ3n) is 3.52. The van der Waals surface area contributed by atoms with Gasteiger partial charge in [0.15, 0.2) is 5.82 Å². The molecule has 0 bridgehead atoms. The molecule has 106 valence electrons. The predicted octanol–water partition coefficient (Wildman–Crippen LogP) is 3.04. The SMILES string of the molecule is Nc1cccc(-c2cnc3cc(-c4ncccn4)ccn23)c1. The van der Waals surface area contributed by atoms with Crippen molar-refractivity contribution in [3.63, 3.8) is 0 Å². The normalized spacial score (nSPS) is 10.9. The van der Waals surface area contributed by atoms with E-state index in [2.05, 4.69) is 15.0 Å². The molecule has 2 N–H and O–H groups in total. The molecule has 3 aromatic heterocycles. The summed E-state index contributed by atoms with van der Waals surface area (Å²) in [6.07, 6.45) is 7.29. The van der Waals surface area contributed by atoms with Crippen LogP contribution in [0.4, 0.5) is 5.69 Å². The summed E-state index contributed by atoms with van der Waals surface area (Å²) in [7, 11) is 0. The van der Waals surface area contributed by atoms with E-state index in [9.17, 15) is 0 Å². The fraction of sp³-hybridized carbons (Fsp3) is 0. The molecular weight excluding hydrogens is 274 g/mol. The molecule has 0 unspecified atom stereocenters. The lowest BCUT2D eigenvalue weighted by Crippen LogP contribution is -1.92. The van der Waals surface area contributed by atoms with Gasteiger partial charge in [-0.3, -0.25) is 4.40 Å². The molecule has 0 radical (unpaired) electrons. The molecule has 0 saturated heterocycles. The van der Waals surface area contributed by atoms with E-state index in [-0.39, 0.29) is 0 Å². The maximum atomic E-state index is 5.86. The van der Waals surface area contributed by atoms with Crippen LogP contribution >= 0.6 is 0 Å². The molecule has 4 aromatic rings. The van der Waals surface area contributed by atoms with Crippen molar-refractivity contribution in [3.8, 4) is 22.6 Å². The van der Waals surface area contributed by atoms with E-state index < -0.39 is 0 Å². The molecule has 0 saturated carbocycles. The first-order valence-electron chi connectivity index (χ1n) is 6.92. The van der Waals surface area contributed by atoms with Gasteiger partial charge < -0.3 is 5.73 Å². The summed E-state index contributed by atoms with van der Waals surface area (Å²) in [5, 5.41) is 0. The van der Waals surface area contributed by atoms with Crippen LogP contribution in [0, 0.1) is 0 Å². The quantitative estimate of drug-likeness (QED) is 0.575. The highest BCUT2D eigenvalue weighted by Crippen LogP contribution is 2.24. The number of imidazole rings is 1. The van der Waals surface area contributed by atoms with Gasteiger partial charge in [0, 0.05) is 35.4 Å². The Morgan fingerprint density at radius 3 is 2.55 bits per heavy atom. The third-order valence-corrected chi connectivity index (χ3v) is 3.52. The van der Waals surface area contributed by atoms with Crippen molar-refractivity contribution in [1.82, 2.24) is 19.4 Å². The molecule has 0 aliphatic heterocycles. The second-order valence-electron chi connectivity index (χ2n) is 4.98. The summed E-state index contributed by atoms with van der Waals surface area (Å²) in [4.78, 5) is 13.0. The topological polar surface area (TPSA) is 69.1 Å². The lowest BCUT2D eigenvalue weighted by Gasteiger charge is -2.04. The lowest BCUT2D eigenvalue weighted by atomic mass is 10.1. The number of rotatable bonds is 2. The van der Waals surface area contributed by atoms with Crippen molar-refractivity contribution < 1.29 is 0 Å². The van der Waals surface area contributed by atoms with E-state index in [0.717, 1.165) is 28.2 Å². The van der Waals surface area contributed by atoms with Crippen molar-refractivity contribution in [2.45, 2.75) is 0 Å². The van der Waals surface area contributed by atoms with Crippen LogP contribution in [0.25, 0.3) is 28.3 Å². The van der Waals surface area contributed by atoms with E-state index in [1.807, 2.05) is 53.2 Å². The standard InChI is InChI=1S/C17H13N5/c18-14-4-1-3-12(9-14)15-11-21-16-10-13(5-8-22(15)16)17-19-6-2-7-20-17/h1-11H,18H2. The fourth-order valence-corrected chi connectivity index (χ4v) is 2.48. The van der Waals surface area contributed by atoms with Gasteiger partial charge in [0.05, 0.1) is 11.9 Å². The van der Waals surface area contributed by atoms with Crippen molar-refractivity contribution in [2.75, 3.05) is 5.73 Å². The van der Waals surface area contributed by atoms with Crippen molar-refractivity contribution >= 4 is 11.3 Å². The summed E-state index contributed by atoms with van der Waals surface area (Å²) in [6.45, 7) is 0. The Morgan fingerprint density at radius 1 is 0.864 bits per heavy atom. The molecule has 0 fully saturated rings. The molecule has 0 spiro atoms. The highest BCUT2D eigenvalue weighted by Gasteiger charge is 2.08. The van der Waals surface area contributed by atoms with Gasteiger partial charge in [-0.25, -0.2) is 15.0 Å². The van der Waals surface area contributed by atoms with E-state index >= 15 is 0 Å². The Bertz CT molecular complexity index is 944. The number of benzene rings is 1. The molecule has 1 aromatic carbocycles. The molecule has 0 aliphatic rings. The molecule has 0 amide bonds. The first-order chi connectivity index (χ1) is 10.8. The van der Waals surface area contributed by atoms with Crippen LogP contribution in [-0.2, 0) is 0 Å². The molecule has 4 rings (SSSR count). The second kappa shape index (κ2) is 4.96. The summed E-state index contributed by atoms with van der Waals surface area (Å²) >= 11 is 0. The highest BCUT2D eigenvalue weighted by atomic mass is 15.0. The summed E-state index contributed by atoms with van der Waals surface area (Å²) in [5.41, 5.74) is 10.4. The van der Waals surface area contributed by atoms with Gasteiger partial charge >= 0.3 is 0 Å². The predicted molar refractivity (Wildman–Crippen MR) is 86.1 cm³/mol. The van der Waals surface area contributed by atoms with Crippen LogP contribution in [0.2, 0.25) is 0 Å². The number of nitrogens with two attached hydrogens (primary N) is 1. The van der Waals surface area contributed by atoms with Crippen LogP contribution in [0.15, 0.2) is 67.3 Å². The van der Waals surface area contributed by atoms with Crippen molar-refractivity contribution in [2.24, 2.45) is 0 Å². The number of hydrogen-bond donors (Lipinski definition) is 1. The molecule has 0 aliphatic carbocycles. The van der Waals surface area contributed by atoms with Crippen LogP contribution in [0.3, 0.4) is 0 Å². The smallest absolute Gasteiger partial charge is 0.159 e. The van der Waals surface area contributed by atoms with Gasteiger partial charge in [-0.15, -0.1) is 0 Å². The Labute approximate surface area is 127 Å². The van der Waals surface area contributed by atoms with E-state index in [1.54, 1.807) is 18.5 Å². The highest BCUT2D eigenvalue weighted by molar-refractivity contribution is 5.69. The monoisotopic (exact) mass is 287 g/mol. The van der Waals surface area contributed by atoms with Crippen LogP contribution in [0.5, 0.6) is 0 Å². The molecule has 3 heterocycles. The van der Waals surface area contributed by atoms with E-state index in [4.69, 9.17) is 5.73 Å². The van der Waals surface area contributed by atoms with Gasteiger partial charge in [0.2, 0.25) is 0 Å². The van der Waals surface area contributed by atoms with Gasteiger partial charge in [0.1, 0.15) is 5.65 Å². The Hall–Kier alpha value is -3.21. The Kier molecular flexibility index (Phi) is 2.83. The minimum Gasteiger partial charge on any atom is -0.399 e. The fourth-order valence-electron chi connectivity index (χ4n) is 2.48. The van der Waals surface area contributed by atoms with Gasteiger partial charge in [-0.1, -0.05) is 12.1 Å². The minimum absolute atomic E-state index is 0.693. The maximum absolute atomic E-state index is 5.86. The number of fused-ring (bicyclic) bond motifs is 1. The Morgan fingerprint density at radius 2 is 1.73 bits per heavy atom. The third kappa shape index (κ3) is 2.09. The minimum atomic E-state index is 0.693. The number of anilines is 1. The average molecular weight is 287 g/mol. The lowest BCUT2D eigenvalue weighted by molar-refractivity contribution is 1.15. The summed E-state index contributed by atoms with van der Waals surface area (Å²) in [5.74, 6) is 0.693. The summed E-state index contributed by atoms with van der Waals surface area (Å²) in [6, 6.07) is 13.5. The van der Waals surface area contributed by atoms with Crippen LogP contribution < -0.4 is 5.73 Å². The van der Waals surface area contributed by atoms with Crippen molar-refractivity contribution in [1.29, 1.82) is 0 Å². The zero-order chi connectivity index (χ0) is 14.9. The molecule has 5 nitrogen and oxygen atoms in total. The summed E-state index contributed by atoms with van der Waals surface area (Å²) < 4.78 is 2.03. The zero-order valence-corrected chi connectivity index (χ0v) is 11.7. The van der Waals surface area contributed by atoms with Crippen molar-refractivity contribution in [3.05, 3.63) is 67.3 Å². The Balaban J connectivity index is 1.84. The first kappa shape index (κ1) is 12.5. The number of aromatic nitrogens is 4. The molecule has 5 heteroatoms. The van der Waals surface area contributed by atoms with Gasteiger partial charge in [0.25, 0.3) is 0 Å². The van der Waals surface area contributed by atoms with E-state index in [0.29, 0.717) is 5.82 Å². The second-order valence-corrected chi connectivity index (χ2v) is 4.98. The van der Waals surface area contributed by atoms with E-state index in [1.165, 1.54) is 0 Å². The van der Waals surface area contributed by atoms with Gasteiger partial charge in [-0.05, 0) is 30.3 Å². The zero-order valence-electron chi connectivity index (χ0n) is 11.7. The molecule has 0 atom stereocenters.